The maximum atomic E-state index is 9.68. The maximum Gasteiger partial charge on any atom is 0.136 e. The molecule has 0 N–H and O–H groups in total. The van der Waals surface area contributed by atoms with E-state index in [-0.39, 0.29) is 0 Å². The van der Waals surface area contributed by atoms with Crippen LogP contribution in [0.3, 0.4) is 0 Å². The fourth-order valence-electron chi connectivity index (χ4n) is 5.73. The Morgan fingerprint density at radius 1 is 0.327 bits per heavy atom. The summed E-state index contributed by atoms with van der Waals surface area (Å²) in [4.78, 5) is 0. The monoisotopic (exact) mass is 652 g/mol. The molecule has 10 rings (SSSR count). The van der Waals surface area contributed by atoms with Crippen LogP contribution in [0.15, 0.2) is 186 Å². The highest BCUT2D eigenvalue weighted by Crippen LogP contribution is 2.45. The van der Waals surface area contributed by atoms with Crippen molar-refractivity contribution in [3.63, 3.8) is 0 Å². The third kappa shape index (κ3) is 4.47. The van der Waals surface area contributed by atoms with Crippen LogP contribution in [0, 0.1) is 0 Å². The van der Waals surface area contributed by atoms with Crippen molar-refractivity contribution in [3.05, 3.63) is 181 Å². The van der Waals surface area contributed by atoms with Crippen LogP contribution in [-0.2, 0) is 0 Å². The van der Waals surface area contributed by atoms with Crippen molar-refractivity contribution in [3.8, 4) is 44.5 Å². The van der Waals surface area contributed by atoms with Crippen LogP contribution in [0.25, 0.3) is 98.8 Å². The van der Waals surface area contributed by atoms with Crippen molar-refractivity contribution < 1.29 is 45.5 Å². The first-order valence-electron chi connectivity index (χ1n) is 29.4. The largest absolute Gasteiger partial charge is 0.456 e. The Labute approximate surface area is 326 Å². The standard InChI is InChI=1S/C48H30O/c1-2-11-31(12-3-1)32-21-25-34(26-22-32)46-39-15-6-8-17-41(39)47(42-18-9-7-16-40(42)46)35-27-23-33(24-28-35)38-19-10-20-44-48(38)43-29-36-13-4-5-14-37(36)30-45(43)49-44/h1-30H/i1D,2D,3D,4D,5D,6D,7D,8D,9D,10D,11D,12D,13D,14D,15D,16D,17D,18D,19D,20D,21D,22D,23D,24D,25D,26D,27D,28D,29D,30D. The van der Waals surface area contributed by atoms with Crippen LogP contribution in [0.5, 0.6) is 0 Å². The van der Waals surface area contributed by atoms with E-state index in [0.717, 1.165) is 0 Å². The lowest BCUT2D eigenvalue weighted by molar-refractivity contribution is 0.669. The molecule has 1 heterocycles. The smallest absolute Gasteiger partial charge is 0.136 e. The van der Waals surface area contributed by atoms with Gasteiger partial charge in [-0.05, 0) is 95.0 Å². The average molecular weight is 653 g/mol. The fourth-order valence-corrected chi connectivity index (χ4v) is 5.73. The molecule has 0 saturated heterocycles. The molecule has 0 fully saturated rings. The molecule has 0 radical (unpaired) electrons. The Morgan fingerprint density at radius 2 is 0.796 bits per heavy atom. The second-order valence-electron chi connectivity index (χ2n) is 10.5. The lowest BCUT2D eigenvalue weighted by Gasteiger charge is -2.18. The van der Waals surface area contributed by atoms with Gasteiger partial charge in [0.25, 0.3) is 0 Å². The summed E-state index contributed by atoms with van der Waals surface area (Å²) in [6, 6.07) is -28.7. The number of rotatable bonds is 4. The summed E-state index contributed by atoms with van der Waals surface area (Å²) >= 11 is 0. The lowest BCUT2D eigenvalue weighted by Crippen LogP contribution is -1.91. The number of hydrogen-bond acceptors (Lipinski definition) is 1. The molecule has 1 nitrogen and oxygen atoms in total. The normalized spacial score (nSPS) is 20.2. The molecule has 0 aliphatic carbocycles. The van der Waals surface area contributed by atoms with Gasteiger partial charge < -0.3 is 4.42 Å². The molecule has 10 aromatic rings. The van der Waals surface area contributed by atoms with Gasteiger partial charge in [0.2, 0.25) is 0 Å². The van der Waals surface area contributed by atoms with E-state index in [4.69, 9.17) is 26.3 Å². The first-order valence-corrected chi connectivity index (χ1v) is 14.4. The summed E-state index contributed by atoms with van der Waals surface area (Å²) in [5, 5.41) is -5.14. The van der Waals surface area contributed by atoms with E-state index < -0.39 is 280 Å². The Balaban J connectivity index is 1.41. The van der Waals surface area contributed by atoms with E-state index in [2.05, 4.69) is 0 Å². The van der Waals surface area contributed by atoms with Gasteiger partial charge in [-0.1, -0.05) is 163 Å². The van der Waals surface area contributed by atoms with Crippen molar-refractivity contribution in [2.24, 2.45) is 0 Å². The van der Waals surface area contributed by atoms with Gasteiger partial charge in [0, 0.05) is 10.8 Å². The van der Waals surface area contributed by atoms with Gasteiger partial charge in [0.05, 0.1) is 41.1 Å². The molecule has 228 valence electrons. The quantitative estimate of drug-likeness (QED) is 0.172. The number of fused-ring (bicyclic) bond motifs is 6. The Morgan fingerprint density at radius 3 is 1.39 bits per heavy atom. The highest BCUT2D eigenvalue weighted by molar-refractivity contribution is 6.21. The highest BCUT2D eigenvalue weighted by atomic mass is 16.3. The van der Waals surface area contributed by atoms with Crippen LogP contribution < -0.4 is 0 Å². The van der Waals surface area contributed by atoms with Gasteiger partial charge in [-0.2, -0.15) is 0 Å². The van der Waals surface area contributed by atoms with Crippen molar-refractivity contribution in [1.82, 2.24) is 0 Å². The molecular weight excluding hydrogens is 593 g/mol. The summed E-state index contributed by atoms with van der Waals surface area (Å²) in [5.41, 5.74) is -7.67. The van der Waals surface area contributed by atoms with Crippen LogP contribution in [0.2, 0.25) is 0 Å². The first kappa shape index (κ1) is 11.1. The number of hydrogen-bond donors (Lipinski definition) is 0. The zero-order chi connectivity index (χ0) is 58.4. The van der Waals surface area contributed by atoms with E-state index in [1.807, 2.05) is 0 Å². The molecule has 0 spiro atoms. The predicted octanol–water partition coefficient (Wildman–Crippen LogP) is 13.7. The molecule has 49 heavy (non-hydrogen) atoms. The zero-order valence-corrected chi connectivity index (χ0v) is 24.4. The van der Waals surface area contributed by atoms with Crippen LogP contribution >= 0.6 is 0 Å². The van der Waals surface area contributed by atoms with Gasteiger partial charge in [-0.25, -0.2) is 0 Å². The van der Waals surface area contributed by atoms with Gasteiger partial charge in [-0.3, -0.25) is 0 Å². The fraction of sp³-hybridized carbons (Fsp3) is 0. The van der Waals surface area contributed by atoms with Gasteiger partial charge in [0.1, 0.15) is 11.2 Å². The van der Waals surface area contributed by atoms with Crippen molar-refractivity contribution in [2.45, 2.75) is 0 Å². The average Bonchev–Trinajstić information content (AvgIpc) is 3.41. The minimum Gasteiger partial charge on any atom is -0.456 e. The van der Waals surface area contributed by atoms with E-state index in [9.17, 15) is 19.2 Å². The molecule has 0 amide bonds. The first-order chi connectivity index (χ1) is 36.8. The predicted molar refractivity (Wildman–Crippen MR) is 208 cm³/mol. The van der Waals surface area contributed by atoms with Gasteiger partial charge in [0.15, 0.2) is 0 Å². The summed E-state index contributed by atoms with van der Waals surface area (Å²) in [7, 11) is 0. The zero-order valence-electron chi connectivity index (χ0n) is 54.4. The summed E-state index contributed by atoms with van der Waals surface area (Å²) in [5.74, 6) is 0. The van der Waals surface area contributed by atoms with Crippen molar-refractivity contribution in [2.75, 3.05) is 0 Å². The topological polar surface area (TPSA) is 13.1 Å². The minimum atomic E-state index is -1.13. The van der Waals surface area contributed by atoms with Crippen LogP contribution in [-0.4, -0.2) is 0 Å². The minimum absolute atomic E-state index is 0.466. The number of benzene rings is 9. The molecule has 0 bridgehead atoms. The summed E-state index contributed by atoms with van der Waals surface area (Å²) < 4.78 is 275. The third-order valence-corrected chi connectivity index (χ3v) is 7.82. The van der Waals surface area contributed by atoms with Crippen molar-refractivity contribution >= 4 is 54.3 Å². The molecule has 0 aliphatic heterocycles. The Bertz CT molecular complexity index is 4430. The molecule has 0 aliphatic rings. The van der Waals surface area contributed by atoms with Gasteiger partial charge in [-0.15, -0.1) is 0 Å². The van der Waals surface area contributed by atoms with E-state index in [1.54, 1.807) is 0 Å². The van der Waals surface area contributed by atoms with E-state index >= 15 is 0 Å². The Hall–Kier alpha value is -6.44. The van der Waals surface area contributed by atoms with Crippen molar-refractivity contribution in [1.29, 1.82) is 0 Å². The highest BCUT2D eigenvalue weighted by Gasteiger charge is 2.18. The third-order valence-electron chi connectivity index (χ3n) is 7.82. The summed E-state index contributed by atoms with van der Waals surface area (Å²) in [6.45, 7) is 0. The molecule has 9 aromatic carbocycles. The van der Waals surface area contributed by atoms with Crippen LogP contribution in [0.4, 0.5) is 0 Å². The summed E-state index contributed by atoms with van der Waals surface area (Å²) in [6.07, 6.45) is 0. The number of furan rings is 1. The van der Waals surface area contributed by atoms with Crippen LogP contribution in [0.1, 0.15) is 41.1 Å². The molecule has 0 atom stereocenters. The molecule has 0 unspecified atom stereocenters. The van der Waals surface area contributed by atoms with E-state index in [0.29, 0.717) is 0 Å². The molecule has 1 aromatic heterocycles. The lowest BCUT2D eigenvalue weighted by atomic mass is 9.85. The second kappa shape index (κ2) is 11.1. The molecular formula is C48H30O. The van der Waals surface area contributed by atoms with Gasteiger partial charge >= 0.3 is 0 Å². The maximum absolute atomic E-state index is 9.68. The molecule has 0 saturated carbocycles. The Kier molecular flexibility index (Phi) is 2.50. The molecule has 1 heteroatoms. The second-order valence-corrected chi connectivity index (χ2v) is 10.5. The van der Waals surface area contributed by atoms with E-state index in [1.165, 1.54) is 0 Å². The SMILES string of the molecule is [2H]c1c([2H])c([2H])c(-c2c([2H])c([2H])c(-c3c4c([2H])c([2H])c([2H])c([2H])c4c(-c4c([2H])c([2H])c(-c5c([2H])c([2H])c([2H])c6oc7c([2H])c8c([2H])c([2H])c([2H])c([2H])c8c([2H])c7c56)c([2H])c4[2H])c4c([2H])c([2H])c([2H])c([2H])c34)c([2H])c2[2H])c([2H])c1[2H].